The molecule has 22 heavy (non-hydrogen) atoms. The molecule has 0 radical (unpaired) electrons. The minimum Gasteiger partial charge on any atom is -0.338 e. The van der Waals surface area contributed by atoms with E-state index in [1.54, 1.807) is 10.6 Å². The molecule has 0 spiro atoms. The maximum atomic E-state index is 12.7. The summed E-state index contributed by atoms with van der Waals surface area (Å²) in [6.45, 7) is 1.03. The Morgan fingerprint density at radius 2 is 2.00 bits per heavy atom. The molecule has 114 valence electrons. The van der Waals surface area contributed by atoms with E-state index in [4.69, 9.17) is 0 Å². The quantitative estimate of drug-likeness (QED) is 0.854. The van der Waals surface area contributed by atoms with Gasteiger partial charge >= 0.3 is 0 Å². The van der Waals surface area contributed by atoms with Crippen LogP contribution in [-0.4, -0.2) is 28.0 Å². The first-order chi connectivity index (χ1) is 10.7. The summed E-state index contributed by atoms with van der Waals surface area (Å²) in [5.74, 6) is 0.764. The highest BCUT2D eigenvalue weighted by atomic mass is 16.2. The number of rotatable bonds is 2. The predicted molar refractivity (Wildman–Crippen MR) is 85.7 cm³/mol. The van der Waals surface area contributed by atoms with Gasteiger partial charge in [-0.3, -0.25) is 14.2 Å². The number of hydrogen-bond donors (Lipinski definition) is 0. The lowest BCUT2D eigenvalue weighted by atomic mass is 9.90. The molecule has 4 rings (SSSR count). The molecule has 0 N–H and O–H groups in total. The van der Waals surface area contributed by atoms with Crippen molar-refractivity contribution in [1.82, 2.24) is 9.47 Å². The topological polar surface area (TPSA) is 42.3 Å². The Kier molecular flexibility index (Phi) is 3.25. The molecule has 1 saturated heterocycles. The summed E-state index contributed by atoms with van der Waals surface area (Å²) in [6, 6.07) is 11.5. The fourth-order valence-corrected chi connectivity index (χ4v) is 4.08. The third-order valence-corrected chi connectivity index (χ3v) is 5.16. The highest BCUT2D eigenvalue weighted by molar-refractivity contribution is 5.82. The highest BCUT2D eigenvalue weighted by Gasteiger charge is 2.37. The van der Waals surface area contributed by atoms with Crippen LogP contribution in [-0.2, 0) is 11.3 Å². The summed E-state index contributed by atoms with van der Waals surface area (Å²) in [6.07, 6.45) is 4.74. The predicted octanol–water partition coefficient (Wildman–Crippen LogP) is 2.40. The van der Waals surface area contributed by atoms with Crippen molar-refractivity contribution in [3.8, 4) is 0 Å². The smallest absolute Gasteiger partial charge is 0.251 e. The number of pyridine rings is 1. The Morgan fingerprint density at radius 3 is 2.86 bits per heavy atom. The van der Waals surface area contributed by atoms with Gasteiger partial charge in [-0.2, -0.15) is 0 Å². The lowest BCUT2D eigenvalue weighted by Crippen LogP contribution is -2.39. The van der Waals surface area contributed by atoms with Crippen molar-refractivity contribution in [3.63, 3.8) is 0 Å². The molecule has 1 aromatic heterocycles. The summed E-state index contributed by atoms with van der Waals surface area (Å²) in [5.41, 5.74) is 0.736. The maximum absolute atomic E-state index is 12.7. The SMILES string of the molecule is O=C(Cn1c(=O)ccc2ccccc21)N1C[C@@H]2CCC[C@H]1C2. The van der Waals surface area contributed by atoms with Crippen LogP contribution >= 0.6 is 0 Å². The van der Waals surface area contributed by atoms with E-state index in [9.17, 15) is 9.59 Å². The van der Waals surface area contributed by atoms with Crippen LogP contribution in [0.25, 0.3) is 10.9 Å². The molecule has 4 nitrogen and oxygen atoms in total. The Bertz CT molecular complexity index is 780. The van der Waals surface area contributed by atoms with Gasteiger partial charge in [0, 0.05) is 18.7 Å². The Hall–Kier alpha value is -2.10. The third-order valence-electron chi connectivity index (χ3n) is 5.16. The van der Waals surface area contributed by atoms with Crippen LogP contribution in [0.5, 0.6) is 0 Å². The first-order valence-electron chi connectivity index (χ1n) is 8.10. The lowest BCUT2D eigenvalue weighted by molar-refractivity contribution is -0.132. The number of fused-ring (bicyclic) bond motifs is 3. The van der Waals surface area contributed by atoms with Gasteiger partial charge in [-0.1, -0.05) is 24.6 Å². The largest absolute Gasteiger partial charge is 0.338 e. The number of amides is 1. The fourth-order valence-electron chi connectivity index (χ4n) is 4.08. The molecule has 2 atom stereocenters. The van der Waals surface area contributed by atoms with Crippen molar-refractivity contribution in [2.75, 3.05) is 6.54 Å². The van der Waals surface area contributed by atoms with Gasteiger partial charge in [-0.25, -0.2) is 0 Å². The molecule has 1 saturated carbocycles. The Labute approximate surface area is 129 Å². The maximum Gasteiger partial charge on any atom is 0.251 e. The molecule has 2 aliphatic rings. The van der Waals surface area contributed by atoms with Crippen LogP contribution in [0.1, 0.15) is 25.7 Å². The van der Waals surface area contributed by atoms with Gasteiger partial charge in [0.2, 0.25) is 5.91 Å². The Balaban J connectivity index is 1.65. The van der Waals surface area contributed by atoms with Gasteiger partial charge in [-0.15, -0.1) is 0 Å². The number of nitrogens with zero attached hydrogens (tertiary/aromatic N) is 2. The van der Waals surface area contributed by atoms with Crippen molar-refractivity contribution in [2.45, 2.75) is 38.3 Å². The lowest BCUT2D eigenvalue weighted by Gasteiger charge is -2.25. The van der Waals surface area contributed by atoms with E-state index in [0.717, 1.165) is 30.3 Å². The normalized spacial score (nSPS) is 23.9. The van der Waals surface area contributed by atoms with Gasteiger partial charge in [-0.05, 0) is 42.7 Å². The number of aromatic nitrogens is 1. The van der Waals surface area contributed by atoms with Gasteiger partial charge in [0.25, 0.3) is 5.56 Å². The molecule has 1 aromatic carbocycles. The van der Waals surface area contributed by atoms with E-state index in [-0.39, 0.29) is 18.0 Å². The van der Waals surface area contributed by atoms with Crippen LogP contribution in [0, 0.1) is 5.92 Å². The number of para-hydroxylation sites is 1. The molecule has 4 heteroatoms. The average molecular weight is 296 g/mol. The zero-order chi connectivity index (χ0) is 15.1. The van der Waals surface area contributed by atoms with E-state index in [1.165, 1.54) is 12.8 Å². The van der Waals surface area contributed by atoms with Crippen LogP contribution in [0.2, 0.25) is 0 Å². The Morgan fingerprint density at radius 1 is 1.14 bits per heavy atom. The van der Waals surface area contributed by atoms with Crippen LogP contribution in [0.4, 0.5) is 0 Å². The second kappa shape index (κ2) is 5.27. The number of carbonyl (C=O) groups is 1. The minimum absolute atomic E-state index is 0.0906. The van der Waals surface area contributed by atoms with Gasteiger partial charge in [0.05, 0.1) is 5.52 Å². The monoisotopic (exact) mass is 296 g/mol. The standard InChI is InChI=1S/C18H20N2O2/c21-17-9-8-14-5-1-2-7-16(14)20(17)12-18(22)19-11-13-4-3-6-15(19)10-13/h1-2,5,7-9,13,15H,3-4,6,10-12H2/t13-,15+/m1/s1. The van der Waals surface area contributed by atoms with E-state index < -0.39 is 0 Å². The zero-order valence-electron chi connectivity index (χ0n) is 12.6. The van der Waals surface area contributed by atoms with Crippen LogP contribution < -0.4 is 5.56 Å². The van der Waals surface area contributed by atoms with Crippen LogP contribution in [0.15, 0.2) is 41.2 Å². The molecule has 2 heterocycles. The molecular weight excluding hydrogens is 276 g/mol. The molecule has 1 aliphatic heterocycles. The van der Waals surface area contributed by atoms with E-state index >= 15 is 0 Å². The first kappa shape index (κ1) is 13.6. The molecular formula is C18H20N2O2. The summed E-state index contributed by atoms with van der Waals surface area (Å²) in [4.78, 5) is 26.9. The summed E-state index contributed by atoms with van der Waals surface area (Å²) >= 11 is 0. The summed E-state index contributed by atoms with van der Waals surface area (Å²) in [7, 11) is 0. The average Bonchev–Trinajstić information content (AvgIpc) is 2.84. The minimum atomic E-state index is -0.103. The molecule has 1 aliphatic carbocycles. The van der Waals surface area contributed by atoms with Crippen LogP contribution in [0.3, 0.4) is 0 Å². The number of carbonyl (C=O) groups excluding carboxylic acids is 1. The molecule has 0 unspecified atom stereocenters. The second-order valence-electron chi connectivity index (χ2n) is 6.55. The summed E-state index contributed by atoms with van der Waals surface area (Å²) < 4.78 is 1.61. The van der Waals surface area contributed by atoms with Crippen molar-refractivity contribution in [1.29, 1.82) is 0 Å². The fraction of sp³-hybridized carbons (Fsp3) is 0.444. The zero-order valence-corrected chi connectivity index (χ0v) is 12.6. The number of likely N-dealkylation sites (tertiary alicyclic amines) is 1. The molecule has 1 amide bonds. The summed E-state index contributed by atoms with van der Waals surface area (Å²) in [5, 5.41) is 0.995. The van der Waals surface area contributed by atoms with Gasteiger partial charge < -0.3 is 4.90 Å². The number of benzene rings is 1. The van der Waals surface area contributed by atoms with Gasteiger partial charge in [0.15, 0.2) is 0 Å². The number of hydrogen-bond acceptors (Lipinski definition) is 2. The van der Waals surface area contributed by atoms with Crippen molar-refractivity contribution in [3.05, 3.63) is 46.8 Å². The molecule has 2 bridgehead atoms. The molecule has 2 aromatic rings. The second-order valence-corrected chi connectivity index (χ2v) is 6.55. The highest BCUT2D eigenvalue weighted by Crippen LogP contribution is 2.35. The third kappa shape index (κ3) is 2.23. The van der Waals surface area contributed by atoms with Gasteiger partial charge in [0.1, 0.15) is 6.54 Å². The van der Waals surface area contributed by atoms with Crippen molar-refractivity contribution < 1.29 is 4.79 Å². The van der Waals surface area contributed by atoms with E-state index in [0.29, 0.717) is 12.0 Å². The molecule has 2 fully saturated rings. The van der Waals surface area contributed by atoms with E-state index in [1.807, 2.05) is 35.2 Å². The van der Waals surface area contributed by atoms with E-state index in [2.05, 4.69) is 0 Å². The first-order valence-corrected chi connectivity index (χ1v) is 8.10. The van der Waals surface area contributed by atoms with Crippen molar-refractivity contribution >= 4 is 16.8 Å². The van der Waals surface area contributed by atoms with Crippen molar-refractivity contribution in [2.24, 2.45) is 5.92 Å².